The SMILES string of the molecule is CCOc1ccc(C2/C(=C(\O)c3nc4c(C)cccn4c3C)C(=O)C(=O)N2CCCN(C)C)cc1OC. The molecule has 1 amide bonds. The number of hydrogen-bond donors (Lipinski definition) is 1. The Kier molecular flexibility index (Phi) is 7.54. The van der Waals surface area contributed by atoms with E-state index >= 15 is 0 Å². The number of aliphatic hydroxyl groups is 1. The zero-order chi connectivity index (χ0) is 26.9. The summed E-state index contributed by atoms with van der Waals surface area (Å²) in [6.07, 6.45) is 2.52. The Morgan fingerprint density at radius 3 is 2.57 bits per heavy atom. The summed E-state index contributed by atoms with van der Waals surface area (Å²) < 4.78 is 13.1. The van der Waals surface area contributed by atoms with Gasteiger partial charge in [-0.05, 0) is 77.2 Å². The van der Waals surface area contributed by atoms with Crippen LogP contribution in [0.4, 0.5) is 0 Å². The predicted octanol–water partition coefficient (Wildman–Crippen LogP) is 3.73. The summed E-state index contributed by atoms with van der Waals surface area (Å²) >= 11 is 0. The molecule has 0 spiro atoms. The molecule has 1 atom stereocenters. The molecule has 0 saturated carbocycles. The number of aliphatic hydroxyl groups excluding tert-OH is 1. The van der Waals surface area contributed by atoms with Crippen LogP contribution in [0.15, 0.2) is 42.1 Å². The molecule has 1 saturated heterocycles. The molecular formula is C28H34N4O5. The van der Waals surface area contributed by atoms with Gasteiger partial charge in [0.25, 0.3) is 11.7 Å². The van der Waals surface area contributed by atoms with Gasteiger partial charge in [0.05, 0.1) is 31.0 Å². The maximum Gasteiger partial charge on any atom is 0.295 e. The minimum Gasteiger partial charge on any atom is -0.505 e. The Labute approximate surface area is 216 Å². The predicted molar refractivity (Wildman–Crippen MR) is 141 cm³/mol. The van der Waals surface area contributed by atoms with E-state index in [1.54, 1.807) is 18.2 Å². The highest BCUT2D eigenvalue weighted by Gasteiger charge is 2.46. The molecule has 1 unspecified atom stereocenters. The number of nitrogens with zero attached hydrogens (tertiary/aromatic N) is 4. The number of fused-ring (bicyclic) bond motifs is 1. The molecule has 1 aliphatic heterocycles. The highest BCUT2D eigenvalue weighted by Crippen LogP contribution is 2.42. The van der Waals surface area contributed by atoms with Crippen LogP contribution in [0.2, 0.25) is 0 Å². The quantitative estimate of drug-likeness (QED) is 0.268. The second-order valence-electron chi connectivity index (χ2n) is 9.42. The number of ketones is 1. The first-order valence-corrected chi connectivity index (χ1v) is 12.4. The summed E-state index contributed by atoms with van der Waals surface area (Å²) in [7, 11) is 5.45. The Balaban J connectivity index is 1.89. The van der Waals surface area contributed by atoms with Gasteiger partial charge in [-0.3, -0.25) is 9.59 Å². The number of aromatic nitrogens is 2. The fourth-order valence-electron chi connectivity index (χ4n) is 4.82. The summed E-state index contributed by atoms with van der Waals surface area (Å²) in [6.45, 7) is 7.20. The van der Waals surface area contributed by atoms with Gasteiger partial charge < -0.3 is 28.8 Å². The van der Waals surface area contributed by atoms with E-state index in [4.69, 9.17) is 9.47 Å². The lowest BCUT2D eigenvalue weighted by atomic mass is 9.96. The zero-order valence-electron chi connectivity index (χ0n) is 22.2. The van der Waals surface area contributed by atoms with E-state index in [9.17, 15) is 14.7 Å². The van der Waals surface area contributed by atoms with Gasteiger partial charge in [-0.15, -0.1) is 0 Å². The van der Waals surface area contributed by atoms with Crippen molar-refractivity contribution in [1.82, 2.24) is 19.2 Å². The normalized spacial score (nSPS) is 17.3. The van der Waals surface area contributed by atoms with Crippen molar-refractivity contribution >= 4 is 23.1 Å². The number of ether oxygens (including phenoxy) is 2. The molecule has 37 heavy (non-hydrogen) atoms. The summed E-state index contributed by atoms with van der Waals surface area (Å²) in [5.74, 6) is -0.612. The number of aryl methyl sites for hydroxylation is 2. The molecule has 9 heteroatoms. The van der Waals surface area contributed by atoms with Crippen LogP contribution in [0.25, 0.3) is 11.4 Å². The number of carbonyl (C=O) groups is 2. The van der Waals surface area contributed by atoms with Crippen molar-refractivity contribution in [3.05, 3.63) is 64.6 Å². The number of benzene rings is 1. The molecule has 4 rings (SSSR count). The van der Waals surface area contributed by atoms with Gasteiger partial charge >= 0.3 is 0 Å². The van der Waals surface area contributed by atoms with Gasteiger partial charge in [0.1, 0.15) is 11.3 Å². The van der Waals surface area contributed by atoms with Crippen LogP contribution >= 0.6 is 0 Å². The molecule has 0 radical (unpaired) electrons. The average molecular weight is 507 g/mol. The highest BCUT2D eigenvalue weighted by molar-refractivity contribution is 6.46. The van der Waals surface area contributed by atoms with Crippen LogP contribution in [0, 0.1) is 13.8 Å². The standard InChI is InChI=1S/C28H34N4O5/c1-7-37-20-12-11-19(16-21(20)36-6)24-22(26(34)28(35)32(24)15-9-13-30(4)5)25(33)23-18(3)31-14-8-10-17(2)27(31)29-23/h8,10-12,14,16,24,33H,7,9,13,15H2,1-6H3/b25-22+. The van der Waals surface area contributed by atoms with Crippen LogP contribution in [-0.2, 0) is 9.59 Å². The third kappa shape index (κ3) is 4.79. The minimum atomic E-state index is -0.794. The second kappa shape index (κ2) is 10.6. The topological polar surface area (TPSA) is 96.6 Å². The molecule has 9 nitrogen and oxygen atoms in total. The van der Waals surface area contributed by atoms with E-state index in [1.807, 2.05) is 62.5 Å². The number of likely N-dealkylation sites (tertiary alicyclic amines) is 1. The Hall–Kier alpha value is -3.85. The van der Waals surface area contributed by atoms with Gasteiger partial charge in [0.15, 0.2) is 17.3 Å². The van der Waals surface area contributed by atoms with Gasteiger partial charge in [-0.2, -0.15) is 0 Å². The summed E-state index contributed by atoms with van der Waals surface area (Å²) in [5.41, 5.74) is 3.23. The molecule has 1 aliphatic rings. The summed E-state index contributed by atoms with van der Waals surface area (Å²) in [5, 5.41) is 11.5. The lowest BCUT2D eigenvalue weighted by Gasteiger charge is -2.26. The number of Topliss-reactive ketones (excluding diaryl/α,β-unsaturated/α-hetero) is 1. The monoisotopic (exact) mass is 506 g/mol. The lowest BCUT2D eigenvalue weighted by molar-refractivity contribution is -0.139. The van der Waals surface area contributed by atoms with Crippen LogP contribution in [0.5, 0.6) is 11.5 Å². The molecule has 1 fully saturated rings. The van der Waals surface area contributed by atoms with Gasteiger partial charge in [-0.1, -0.05) is 12.1 Å². The first-order chi connectivity index (χ1) is 17.7. The zero-order valence-corrected chi connectivity index (χ0v) is 22.2. The number of amides is 1. The highest BCUT2D eigenvalue weighted by atomic mass is 16.5. The van der Waals surface area contributed by atoms with Crippen molar-refractivity contribution in [2.45, 2.75) is 33.2 Å². The number of imidazole rings is 1. The molecule has 3 heterocycles. The van der Waals surface area contributed by atoms with E-state index in [1.165, 1.54) is 12.0 Å². The van der Waals surface area contributed by atoms with Crippen molar-refractivity contribution in [2.75, 3.05) is 40.9 Å². The largest absolute Gasteiger partial charge is 0.505 e. The maximum atomic E-state index is 13.4. The molecule has 1 N–H and O–H groups in total. The average Bonchev–Trinajstić information content (AvgIpc) is 3.34. The Morgan fingerprint density at radius 2 is 1.92 bits per heavy atom. The maximum absolute atomic E-state index is 13.4. The lowest BCUT2D eigenvalue weighted by Crippen LogP contribution is -2.32. The minimum absolute atomic E-state index is 0.0187. The van der Waals surface area contributed by atoms with Crippen LogP contribution in [0.3, 0.4) is 0 Å². The molecule has 196 valence electrons. The van der Waals surface area contributed by atoms with Crippen molar-refractivity contribution in [2.24, 2.45) is 0 Å². The summed E-state index contributed by atoms with van der Waals surface area (Å²) in [6, 6.07) is 8.36. The van der Waals surface area contributed by atoms with Gasteiger partial charge in [0.2, 0.25) is 0 Å². The van der Waals surface area contributed by atoms with Crippen LogP contribution in [-0.4, -0.2) is 76.9 Å². The third-order valence-electron chi connectivity index (χ3n) is 6.66. The van der Waals surface area contributed by atoms with Crippen molar-refractivity contribution in [3.8, 4) is 11.5 Å². The van der Waals surface area contributed by atoms with Gasteiger partial charge in [0, 0.05) is 12.7 Å². The number of pyridine rings is 1. The van der Waals surface area contributed by atoms with Crippen LogP contribution < -0.4 is 9.47 Å². The molecule has 1 aromatic carbocycles. The number of carbonyl (C=O) groups excluding carboxylic acids is 2. The van der Waals surface area contributed by atoms with E-state index in [0.29, 0.717) is 48.0 Å². The van der Waals surface area contributed by atoms with E-state index < -0.39 is 17.7 Å². The smallest absolute Gasteiger partial charge is 0.295 e. The molecule has 0 aliphatic carbocycles. The first-order valence-electron chi connectivity index (χ1n) is 12.4. The first kappa shape index (κ1) is 26.2. The fourth-order valence-corrected chi connectivity index (χ4v) is 4.82. The Bertz CT molecular complexity index is 1370. The Morgan fingerprint density at radius 1 is 1.16 bits per heavy atom. The second-order valence-corrected chi connectivity index (χ2v) is 9.42. The summed E-state index contributed by atoms with van der Waals surface area (Å²) in [4.78, 5) is 34.9. The number of methoxy groups -OCH3 is 1. The van der Waals surface area contributed by atoms with E-state index in [0.717, 1.165) is 12.1 Å². The molecule has 0 bridgehead atoms. The number of rotatable bonds is 9. The fraction of sp³-hybridized carbons (Fsp3) is 0.393. The van der Waals surface area contributed by atoms with Gasteiger partial charge in [-0.25, -0.2) is 4.98 Å². The molecular weight excluding hydrogens is 472 g/mol. The van der Waals surface area contributed by atoms with Crippen molar-refractivity contribution in [1.29, 1.82) is 0 Å². The molecule has 3 aromatic rings. The van der Waals surface area contributed by atoms with Crippen molar-refractivity contribution in [3.63, 3.8) is 0 Å². The number of hydrogen-bond acceptors (Lipinski definition) is 7. The van der Waals surface area contributed by atoms with Crippen molar-refractivity contribution < 1.29 is 24.2 Å². The third-order valence-corrected chi connectivity index (χ3v) is 6.66. The van der Waals surface area contributed by atoms with E-state index in [2.05, 4.69) is 4.98 Å². The van der Waals surface area contributed by atoms with E-state index in [-0.39, 0.29) is 17.0 Å². The van der Waals surface area contributed by atoms with Crippen LogP contribution in [0.1, 0.15) is 41.9 Å². The molecule has 2 aromatic heterocycles.